The monoisotopic (exact) mass is 374 g/mol. The number of carbonyl (C=O) groups is 2. The van der Waals surface area contributed by atoms with E-state index >= 15 is 0 Å². The summed E-state index contributed by atoms with van der Waals surface area (Å²) in [6.45, 7) is 6.22. The second kappa shape index (κ2) is 8.26. The molecule has 0 saturated carbocycles. The third kappa shape index (κ3) is 4.48. The van der Waals surface area contributed by atoms with Gasteiger partial charge >= 0.3 is 11.8 Å². The van der Waals surface area contributed by atoms with E-state index in [1.165, 1.54) is 24.3 Å². The molecule has 0 fully saturated rings. The SMILES string of the molecule is CC(C)[C@@H](NC(=O)C(=O)Nc1ccc(F)cc1)c1nnc2n1CCNCC2. The average molecular weight is 374 g/mol. The highest BCUT2D eigenvalue weighted by Gasteiger charge is 2.28. The normalized spacial score (nSPS) is 15.0. The number of aromatic nitrogens is 3. The fourth-order valence-corrected chi connectivity index (χ4v) is 2.98. The minimum absolute atomic E-state index is 0.0112. The molecular formula is C18H23FN6O2. The van der Waals surface area contributed by atoms with Crippen LogP contribution in [-0.4, -0.2) is 39.7 Å². The van der Waals surface area contributed by atoms with Crippen LogP contribution in [0.4, 0.5) is 10.1 Å². The Labute approximate surface area is 156 Å². The van der Waals surface area contributed by atoms with Crippen molar-refractivity contribution in [2.75, 3.05) is 18.4 Å². The first-order valence-electron chi connectivity index (χ1n) is 8.96. The highest BCUT2D eigenvalue weighted by atomic mass is 19.1. The molecule has 1 atom stereocenters. The highest BCUT2D eigenvalue weighted by Crippen LogP contribution is 2.21. The number of halogens is 1. The second-order valence-electron chi connectivity index (χ2n) is 6.78. The van der Waals surface area contributed by atoms with Crippen LogP contribution < -0.4 is 16.0 Å². The minimum Gasteiger partial charge on any atom is -0.338 e. The molecule has 1 aliphatic heterocycles. The van der Waals surface area contributed by atoms with Gasteiger partial charge in [0.25, 0.3) is 0 Å². The minimum atomic E-state index is -0.815. The number of rotatable bonds is 4. The number of benzene rings is 1. The van der Waals surface area contributed by atoms with Crippen molar-refractivity contribution in [3.8, 4) is 0 Å². The van der Waals surface area contributed by atoms with Crippen LogP contribution in [0.15, 0.2) is 24.3 Å². The lowest BCUT2D eigenvalue weighted by molar-refractivity contribution is -0.136. The molecule has 9 heteroatoms. The van der Waals surface area contributed by atoms with Crippen LogP contribution in [-0.2, 0) is 22.6 Å². The lowest BCUT2D eigenvalue weighted by atomic mass is 10.0. The van der Waals surface area contributed by atoms with Crippen molar-refractivity contribution in [3.63, 3.8) is 0 Å². The topological polar surface area (TPSA) is 101 Å². The number of fused-ring (bicyclic) bond motifs is 1. The average Bonchev–Trinajstić information content (AvgIpc) is 2.88. The number of anilines is 1. The van der Waals surface area contributed by atoms with E-state index in [4.69, 9.17) is 0 Å². The summed E-state index contributed by atoms with van der Waals surface area (Å²) in [5.74, 6) is -0.486. The summed E-state index contributed by atoms with van der Waals surface area (Å²) in [6, 6.07) is 4.77. The van der Waals surface area contributed by atoms with Gasteiger partial charge in [0.2, 0.25) is 0 Å². The van der Waals surface area contributed by atoms with Crippen molar-refractivity contribution in [1.82, 2.24) is 25.4 Å². The Balaban J connectivity index is 1.72. The van der Waals surface area contributed by atoms with Crippen LogP contribution >= 0.6 is 0 Å². The lowest BCUT2D eigenvalue weighted by Crippen LogP contribution is -2.40. The molecule has 3 N–H and O–H groups in total. The van der Waals surface area contributed by atoms with Crippen LogP contribution in [0.2, 0.25) is 0 Å². The summed E-state index contributed by atoms with van der Waals surface area (Å²) in [7, 11) is 0. The number of hydrogen-bond donors (Lipinski definition) is 3. The van der Waals surface area contributed by atoms with Crippen LogP contribution in [0, 0.1) is 11.7 Å². The van der Waals surface area contributed by atoms with Crippen LogP contribution in [0.5, 0.6) is 0 Å². The Morgan fingerprint density at radius 1 is 1.15 bits per heavy atom. The van der Waals surface area contributed by atoms with Crippen molar-refractivity contribution < 1.29 is 14.0 Å². The van der Waals surface area contributed by atoms with Crippen molar-refractivity contribution in [2.24, 2.45) is 5.92 Å². The van der Waals surface area contributed by atoms with E-state index in [-0.39, 0.29) is 5.92 Å². The molecule has 27 heavy (non-hydrogen) atoms. The summed E-state index contributed by atoms with van der Waals surface area (Å²) < 4.78 is 15.0. The maximum atomic E-state index is 13.0. The molecule has 0 unspecified atom stereocenters. The van der Waals surface area contributed by atoms with E-state index in [2.05, 4.69) is 26.1 Å². The quantitative estimate of drug-likeness (QED) is 0.694. The van der Waals surface area contributed by atoms with Gasteiger partial charge in [0.15, 0.2) is 5.82 Å². The Morgan fingerprint density at radius 2 is 1.89 bits per heavy atom. The van der Waals surface area contributed by atoms with E-state index in [1.807, 2.05) is 18.4 Å². The summed E-state index contributed by atoms with van der Waals surface area (Å²) >= 11 is 0. The van der Waals surface area contributed by atoms with Gasteiger partial charge in [0.1, 0.15) is 11.6 Å². The van der Waals surface area contributed by atoms with Gasteiger partial charge in [0.05, 0.1) is 6.04 Å². The van der Waals surface area contributed by atoms with Gasteiger partial charge in [-0.15, -0.1) is 10.2 Å². The molecule has 0 aliphatic carbocycles. The summed E-state index contributed by atoms with van der Waals surface area (Å²) in [5.41, 5.74) is 0.347. The first-order valence-corrected chi connectivity index (χ1v) is 8.96. The fraction of sp³-hybridized carbons (Fsp3) is 0.444. The molecular weight excluding hydrogens is 351 g/mol. The first-order chi connectivity index (χ1) is 13.0. The standard InChI is InChI=1S/C18H23FN6O2/c1-11(2)15(16-24-23-14-7-8-20-9-10-25(14)16)22-18(27)17(26)21-13-5-3-12(19)4-6-13/h3-6,11,15,20H,7-10H2,1-2H3,(H,21,26)(H,22,27)/t15-/m1/s1. The Hall–Kier alpha value is -2.81. The van der Waals surface area contributed by atoms with E-state index in [0.29, 0.717) is 18.1 Å². The molecule has 1 aromatic carbocycles. The highest BCUT2D eigenvalue weighted by molar-refractivity contribution is 6.39. The van der Waals surface area contributed by atoms with Crippen molar-refractivity contribution in [3.05, 3.63) is 41.7 Å². The molecule has 144 valence electrons. The summed E-state index contributed by atoms with van der Waals surface area (Å²) in [4.78, 5) is 24.6. The van der Waals surface area contributed by atoms with E-state index < -0.39 is 23.7 Å². The summed E-state index contributed by atoms with van der Waals surface area (Å²) in [5, 5.41) is 17.0. The molecule has 0 bridgehead atoms. The van der Waals surface area contributed by atoms with Crippen molar-refractivity contribution in [1.29, 1.82) is 0 Å². The van der Waals surface area contributed by atoms with E-state index in [9.17, 15) is 14.0 Å². The molecule has 1 aromatic heterocycles. The van der Waals surface area contributed by atoms with Crippen LogP contribution in [0.25, 0.3) is 0 Å². The molecule has 3 rings (SSSR count). The fourth-order valence-electron chi connectivity index (χ4n) is 2.98. The van der Waals surface area contributed by atoms with Gasteiger partial charge < -0.3 is 20.5 Å². The predicted molar refractivity (Wildman–Crippen MR) is 97.3 cm³/mol. The zero-order chi connectivity index (χ0) is 19.4. The molecule has 8 nitrogen and oxygen atoms in total. The maximum absolute atomic E-state index is 13.0. The number of amides is 2. The molecule has 2 heterocycles. The molecule has 2 aromatic rings. The molecule has 2 amide bonds. The Morgan fingerprint density at radius 3 is 2.59 bits per heavy atom. The molecule has 1 aliphatic rings. The van der Waals surface area contributed by atoms with Crippen molar-refractivity contribution in [2.45, 2.75) is 32.9 Å². The van der Waals surface area contributed by atoms with Crippen LogP contribution in [0.3, 0.4) is 0 Å². The third-order valence-corrected chi connectivity index (χ3v) is 4.43. The Kier molecular flexibility index (Phi) is 5.80. The molecule has 0 saturated heterocycles. The smallest absolute Gasteiger partial charge is 0.313 e. The Bertz CT molecular complexity index is 818. The number of carbonyl (C=O) groups excluding carboxylic acids is 2. The predicted octanol–water partition coefficient (Wildman–Crippen LogP) is 1.01. The van der Waals surface area contributed by atoms with Crippen molar-refractivity contribution >= 4 is 17.5 Å². The zero-order valence-electron chi connectivity index (χ0n) is 15.3. The van der Waals surface area contributed by atoms with Gasteiger partial charge in [-0.1, -0.05) is 13.8 Å². The maximum Gasteiger partial charge on any atom is 0.313 e. The molecule has 0 spiro atoms. The van der Waals surface area contributed by atoms with Gasteiger partial charge in [-0.2, -0.15) is 0 Å². The van der Waals surface area contributed by atoms with Gasteiger partial charge in [-0.05, 0) is 30.2 Å². The zero-order valence-corrected chi connectivity index (χ0v) is 15.3. The molecule has 0 radical (unpaired) electrons. The van der Waals surface area contributed by atoms with E-state index in [0.717, 1.165) is 25.3 Å². The second-order valence-corrected chi connectivity index (χ2v) is 6.78. The van der Waals surface area contributed by atoms with Crippen LogP contribution in [0.1, 0.15) is 31.5 Å². The third-order valence-electron chi connectivity index (χ3n) is 4.43. The largest absolute Gasteiger partial charge is 0.338 e. The number of nitrogens with zero attached hydrogens (tertiary/aromatic N) is 3. The van der Waals surface area contributed by atoms with Gasteiger partial charge in [-0.3, -0.25) is 9.59 Å². The number of nitrogens with one attached hydrogen (secondary N) is 3. The number of hydrogen-bond acceptors (Lipinski definition) is 5. The first kappa shape index (κ1) is 19.0. The van der Waals surface area contributed by atoms with E-state index in [1.54, 1.807) is 0 Å². The summed E-state index contributed by atoms with van der Waals surface area (Å²) in [6.07, 6.45) is 0.761. The van der Waals surface area contributed by atoms with Gasteiger partial charge in [-0.25, -0.2) is 4.39 Å². The lowest BCUT2D eigenvalue weighted by Gasteiger charge is -2.22. The van der Waals surface area contributed by atoms with Gasteiger partial charge in [0, 0.05) is 31.7 Å².